The summed E-state index contributed by atoms with van der Waals surface area (Å²) in [7, 11) is 0. The molecular formula is C23H16N4O8. The molecule has 0 unspecified atom stereocenters. The molecule has 12 nitrogen and oxygen atoms in total. The van der Waals surface area contributed by atoms with E-state index < -0.39 is 39.1 Å². The van der Waals surface area contributed by atoms with Crippen molar-refractivity contribution in [2.24, 2.45) is 0 Å². The Bertz CT molecular complexity index is 1450. The van der Waals surface area contributed by atoms with Gasteiger partial charge in [-0.25, -0.2) is 9.69 Å². The van der Waals surface area contributed by atoms with Crippen LogP contribution in [0.5, 0.6) is 0 Å². The number of nitrogens with one attached hydrogen (secondary N) is 1. The summed E-state index contributed by atoms with van der Waals surface area (Å²) in [5.41, 5.74) is 0.470. The van der Waals surface area contributed by atoms with Crippen LogP contribution < -0.4 is 10.2 Å². The highest BCUT2D eigenvalue weighted by Gasteiger charge is 2.37. The van der Waals surface area contributed by atoms with Crippen LogP contribution >= 0.6 is 0 Å². The second-order valence-corrected chi connectivity index (χ2v) is 7.72. The number of nitrogens with zero attached hydrogens (tertiary/aromatic N) is 3. The van der Waals surface area contributed by atoms with Gasteiger partial charge in [-0.05, 0) is 61.4 Å². The summed E-state index contributed by atoms with van der Waals surface area (Å²) in [6.07, 6.45) is 1.11. The lowest BCUT2D eigenvalue weighted by molar-refractivity contribution is -0.393. The van der Waals surface area contributed by atoms with Crippen LogP contribution in [0.1, 0.15) is 16.9 Å². The van der Waals surface area contributed by atoms with Crippen molar-refractivity contribution in [1.82, 2.24) is 5.32 Å². The molecule has 0 bridgehead atoms. The van der Waals surface area contributed by atoms with Gasteiger partial charge in [0.15, 0.2) is 0 Å². The number of hydrogen-bond donors (Lipinski definition) is 1. The fourth-order valence-electron chi connectivity index (χ4n) is 3.68. The van der Waals surface area contributed by atoms with Crippen molar-refractivity contribution < 1.29 is 28.6 Å². The van der Waals surface area contributed by atoms with E-state index >= 15 is 0 Å². The number of furan rings is 1. The summed E-state index contributed by atoms with van der Waals surface area (Å²) < 4.78 is 5.58. The van der Waals surface area contributed by atoms with Gasteiger partial charge < -0.3 is 4.42 Å². The first-order chi connectivity index (χ1) is 16.5. The number of nitro benzene ring substituents is 2. The average Bonchev–Trinajstić information content (AvgIpc) is 3.24. The second-order valence-electron chi connectivity index (χ2n) is 7.72. The molecule has 0 saturated carbocycles. The maximum Gasteiger partial charge on any atom is 0.335 e. The molecule has 1 aliphatic rings. The standard InChI is InChI=1S/C23H16N4O8/c1-12-7-13(2)9-15(8-12)25-22(29)18(21(28)24-23(25)30)11-16-4-6-20(35-16)17-5-3-14(26(31)32)10-19(17)27(33)34/h3-11H,1-2H3,(H,24,28,30)/b18-11+. The monoisotopic (exact) mass is 476 g/mol. The van der Waals surface area contributed by atoms with E-state index in [4.69, 9.17) is 4.42 Å². The number of benzene rings is 2. The first kappa shape index (κ1) is 23.0. The van der Waals surface area contributed by atoms with E-state index in [1.165, 1.54) is 18.2 Å². The molecular weight excluding hydrogens is 460 g/mol. The summed E-state index contributed by atoms with van der Waals surface area (Å²) in [5.74, 6) is -1.81. The van der Waals surface area contributed by atoms with Gasteiger partial charge in [0.25, 0.3) is 23.2 Å². The fraction of sp³-hybridized carbons (Fsp3) is 0.0870. The van der Waals surface area contributed by atoms with Gasteiger partial charge in [0.05, 0.1) is 27.2 Å². The lowest BCUT2D eigenvalue weighted by Crippen LogP contribution is -2.54. The smallest absolute Gasteiger partial charge is 0.335 e. The van der Waals surface area contributed by atoms with Crippen molar-refractivity contribution in [1.29, 1.82) is 0 Å². The number of hydrogen-bond acceptors (Lipinski definition) is 8. The van der Waals surface area contributed by atoms with Gasteiger partial charge in [-0.3, -0.25) is 35.1 Å². The summed E-state index contributed by atoms with van der Waals surface area (Å²) in [6.45, 7) is 3.60. The van der Waals surface area contributed by atoms with Crippen LogP contribution in [-0.2, 0) is 9.59 Å². The van der Waals surface area contributed by atoms with Crippen molar-refractivity contribution in [3.8, 4) is 11.3 Å². The summed E-state index contributed by atoms with van der Waals surface area (Å²) in [6, 6.07) is 10.0. The number of amides is 4. The van der Waals surface area contributed by atoms with Crippen LogP contribution in [0.25, 0.3) is 17.4 Å². The van der Waals surface area contributed by atoms with Gasteiger partial charge >= 0.3 is 6.03 Å². The number of anilines is 1. The molecule has 3 aromatic rings. The number of imide groups is 2. The average molecular weight is 476 g/mol. The number of carbonyl (C=O) groups excluding carboxylic acids is 3. The lowest BCUT2D eigenvalue weighted by Gasteiger charge is -2.26. The molecule has 1 saturated heterocycles. The van der Waals surface area contributed by atoms with Gasteiger partial charge in [-0.15, -0.1) is 0 Å². The Morgan fingerprint density at radius 1 is 0.914 bits per heavy atom. The number of nitro groups is 2. The van der Waals surface area contributed by atoms with Crippen molar-refractivity contribution in [3.63, 3.8) is 0 Å². The predicted molar refractivity (Wildman–Crippen MR) is 122 cm³/mol. The van der Waals surface area contributed by atoms with Crippen molar-refractivity contribution in [2.75, 3.05) is 4.90 Å². The molecule has 0 spiro atoms. The van der Waals surface area contributed by atoms with E-state index in [2.05, 4.69) is 5.32 Å². The van der Waals surface area contributed by atoms with E-state index in [0.717, 1.165) is 34.2 Å². The molecule has 12 heteroatoms. The number of aryl methyl sites for hydroxylation is 2. The van der Waals surface area contributed by atoms with Gasteiger partial charge in [-0.1, -0.05) is 6.07 Å². The first-order valence-electron chi connectivity index (χ1n) is 10.1. The Kier molecular flexibility index (Phi) is 5.71. The highest BCUT2D eigenvalue weighted by atomic mass is 16.6. The second kappa shape index (κ2) is 8.67. The molecule has 2 heterocycles. The minimum atomic E-state index is -0.931. The highest BCUT2D eigenvalue weighted by molar-refractivity contribution is 6.39. The molecule has 35 heavy (non-hydrogen) atoms. The lowest BCUT2D eigenvalue weighted by atomic mass is 10.1. The molecule has 1 aliphatic heterocycles. The molecule has 1 aromatic heterocycles. The van der Waals surface area contributed by atoms with Gasteiger partial charge in [0, 0.05) is 6.07 Å². The predicted octanol–water partition coefficient (Wildman–Crippen LogP) is 4.05. The summed E-state index contributed by atoms with van der Waals surface area (Å²) >= 11 is 0. The summed E-state index contributed by atoms with van der Waals surface area (Å²) in [5, 5.41) is 24.5. The van der Waals surface area contributed by atoms with E-state index in [1.807, 2.05) is 6.07 Å². The number of rotatable bonds is 5. The Morgan fingerprint density at radius 2 is 1.60 bits per heavy atom. The maximum absolute atomic E-state index is 13.1. The fourth-order valence-corrected chi connectivity index (χ4v) is 3.68. The Morgan fingerprint density at radius 3 is 2.23 bits per heavy atom. The van der Waals surface area contributed by atoms with Crippen LogP contribution in [-0.4, -0.2) is 27.7 Å². The van der Waals surface area contributed by atoms with Gasteiger partial charge in [-0.2, -0.15) is 0 Å². The van der Waals surface area contributed by atoms with Crippen LogP contribution in [0.15, 0.2) is 58.5 Å². The van der Waals surface area contributed by atoms with Gasteiger partial charge in [0.2, 0.25) is 0 Å². The molecule has 4 rings (SSSR count). The van der Waals surface area contributed by atoms with E-state index in [-0.39, 0.29) is 28.3 Å². The molecule has 1 fully saturated rings. The normalized spacial score (nSPS) is 14.9. The molecule has 176 valence electrons. The van der Waals surface area contributed by atoms with Gasteiger partial charge in [0.1, 0.15) is 17.1 Å². The molecule has 0 atom stereocenters. The minimum absolute atomic E-state index is 0.000808. The number of carbonyl (C=O) groups is 3. The zero-order valence-corrected chi connectivity index (χ0v) is 18.3. The number of urea groups is 1. The maximum atomic E-state index is 13.1. The van der Waals surface area contributed by atoms with Crippen LogP contribution in [0, 0.1) is 34.1 Å². The Balaban J connectivity index is 1.72. The largest absolute Gasteiger partial charge is 0.456 e. The van der Waals surface area contributed by atoms with Crippen molar-refractivity contribution in [3.05, 3.63) is 91.2 Å². The Labute approximate surface area is 196 Å². The number of barbiturate groups is 1. The van der Waals surface area contributed by atoms with Crippen LogP contribution in [0.4, 0.5) is 21.9 Å². The summed E-state index contributed by atoms with van der Waals surface area (Å²) in [4.78, 5) is 59.6. The van der Waals surface area contributed by atoms with Crippen LogP contribution in [0.2, 0.25) is 0 Å². The number of non-ortho nitro benzene ring substituents is 1. The zero-order valence-electron chi connectivity index (χ0n) is 18.3. The molecule has 2 aromatic carbocycles. The van der Waals surface area contributed by atoms with Crippen molar-refractivity contribution >= 4 is 41.0 Å². The minimum Gasteiger partial charge on any atom is -0.456 e. The zero-order chi connectivity index (χ0) is 25.4. The quantitative estimate of drug-likeness (QED) is 0.249. The first-order valence-corrected chi connectivity index (χ1v) is 10.1. The topological polar surface area (TPSA) is 166 Å². The molecule has 4 amide bonds. The van der Waals surface area contributed by atoms with E-state index in [9.17, 15) is 34.6 Å². The SMILES string of the molecule is Cc1cc(C)cc(N2C(=O)NC(=O)/C(=C\c3ccc(-c4ccc([N+](=O)[O-])cc4[N+](=O)[O-])o3)C2=O)c1. The van der Waals surface area contributed by atoms with E-state index in [1.54, 1.807) is 26.0 Å². The third kappa shape index (κ3) is 4.39. The third-order valence-electron chi connectivity index (χ3n) is 5.13. The molecule has 0 radical (unpaired) electrons. The van der Waals surface area contributed by atoms with Crippen LogP contribution in [0.3, 0.4) is 0 Å². The third-order valence-corrected chi connectivity index (χ3v) is 5.13. The molecule has 1 N–H and O–H groups in total. The molecule has 0 aliphatic carbocycles. The Hall–Kier alpha value is -5.13. The highest BCUT2D eigenvalue weighted by Crippen LogP contribution is 2.34. The van der Waals surface area contributed by atoms with Crippen molar-refractivity contribution in [2.45, 2.75) is 13.8 Å². The van der Waals surface area contributed by atoms with E-state index in [0.29, 0.717) is 0 Å².